The summed E-state index contributed by atoms with van der Waals surface area (Å²) in [5, 5.41) is 2.71. The first-order valence-corrected chi connectivity index (χ1v) is 6.53. The summed E-state index contributed by atoms with van der Waals surface area (Å²) < 4.78 is 26.2. The van der Waals surface area contributed by atoms with E-state index >= 15 is 0 Å². The van der Waals surface area contributed by atoms with E-state index in [9.17, 15) is 13.6 Å². The highest BCUT2D eigenvalue weighted by Crippen LogP contribution is 2.31. The fourth-order valence-electron chi connectivity index (χ4n) is 2.64. The maximum atomic E-state index is 13.4. The monoisotopic (exact) mass is 268 g/mol. The third-order valence-corrected chi connectivity index (χ3v) is 3.77. The Kier molecular flexibility index (Phi) is 4.47. The van der Waals surface area contributed by atoms with Crippen molar-refractivity contribution in [1.29, 1.82) is 0 Å². The van der Waals surface area contributed by atoms with Crippen molar-refractivity contribution in [2.24, 2.45) is 17.6 Å². The number of carbonyl (C=O) groups excluding carboxylic acids is 1. The van der Waals surface area contributed by atoms with Gasteiger partial charge in [0.2, 0.25) is 5.91 Å². The van der Waals surface area contributed by atoms with Crippen LogP contribution in [0.25, 0.3) is 0 Å². The van der Waals surface area contributed by atoms with Crippen LogP contribution < -0.4 is 11.1 Å². The molecule has 3 N–H and O–H groups in total. The number of carbonyl (C=O) groups is 1. The average Bonchev–Trinajstić information content (AvgIpc) is 2.85. The average molecular weight is 268 g/mol. The maximum absolute atomic E-state index is 13.4. The van der Waals surface area contributed by atoms with E-state index in [1.807, 2.05) is 0 Å². The number of nitrogens with one attached hydrogen (secondary N) is 1. The topological polar surface area (TPSA) is 55.1 Å². The van der Waals surface area contributed by atoms with Crippen LogP contribution >= 0.6 is 0 Å². The van der Waals surface area contributed by atoms with E-state index in [-0.39, 0.29) is 29.9 Å². The second-order valence-corrected chi connectivity index (χ2v) is 4.99. The molecule has 2 atom stereocenters. The molecule has 2 rings (SSSR count). The van der Waals surface area contributed by atoms with Gasteiger partial charge in [0.1, 0.15) is 11.6 Å². The first-order chi connectivity index (χ1) is 9.11. The number of nitrogens with two attached hydrogens (primary N) is 1. The quantitative estimate of drug-likeness (QED) is 0.877. The molecule has 1 fully saturated rings. The molecular weight excluding hydrogens is 250 g/mol. The lowest BCUT2D eigenvalue weighted by Crippen LogP contribution is -2.34. The summed E-state index contributed by atoms with van der Waals surface area (Å²) in [6.45, 7) is 0.585. The van der Waals surface area contributed by atoms with Gasteiger partial charge in [-0.2, -0.15) is 0 Å². The largest absolute Gasteiger partial charge is 0.352 e. The van der Waals surface area contributed by atoms with Crippen molar-refractivity contribution in [1.82, 2.24) is 5.32 Å². The van der Waals surface area contributed by atoms with E-state index in [0.717, 1.165) is 25.3 Å². The van der Waals surface area contributed by atoms with Crippen molar-refractivity contribution in [3.63, 3.8) is 0 Å². The van der Waals surface area contributed by atoms with Crippen LogP contribution in [0.15, 0.2) is 18.2 Å². The molecule has 0 saturated heterocycles. The van der Waals surface area contributed by atoms with Gasteiger partial charge in [-0.3, -0.25) is 4.79 Å². The lowest BCUT2D eigenvalue weighted by molar-refractivity contribution is -0.126. The molecule has 1 aromatic carbocycles. The fraction of sp³-hybridized carbons (Fsp3) is 0.500. The molecule has 1 aromatic rings. The number of hydrogen-bond donors (Lipinski definition) is 2. The van der Waals surface area contributed by atoms with Crippen molar-refractivity contribution in [2.45, 2.75) is 25.8 Å². The first-order valence-electron chi connectivity index (χ1n) is 6.53. The van der Waals surface area contributed by atoms with Crippen LogP contribution in [0, 0.1) is 23.5 Å². The zero-order chi connectivity index (χ0) is 13.8. The third-order valence-electron chi connectivity index (χ3n) is 3.77. The number of amides is 1. The minimum absolute atomic E-state index is 0.0755. The normalized spacial score (nSPS) is 22.5. The molecule has 1 aliphatic rings. The summed E-state index contributed by atoms with van der Waals surface area (Å²) in [7, 11) is 0. The van der Waals surface area contributed by atoms with E-state index < -0.39 is 11.6 Å². The molecule has 0 radical (unpaired) electrons. The van der Waals surface area contributed by atoms with Crippen LogP contribution in [-0.4, -0.2) is 12.5 Å². The predicted octanol–water partition coefficient (Wildman–Crippen LogP) is 1.96. The van der Waals surface area contributed by atoms with Gasteiger partial charge in [0.05, 0.1) is 0 Å². The van der Waals surface area contributed by atoms with E-state index in [4.69, 9.17) is 5.73 Å². The van der Waals surface area contributed by atoms with Crippen molar-refractivity contribution >= 4 is 5.91 Å². The molecule has 0 spiro atoms. The molecule has 0 aromatic heterocycles. The van der Waals surface area contributed by atoms with Crippen LogP contribution in [0.1, 0.15) is 24.8 Å². The highest BCUT2D eigenvalue weighted by atomic mass is 19.1. The summed E-state index contributed by atoms with van der Waals surface area (Å²) in [6, 6.07) is 3.35. The van der Waals surface area contributed by atoms with Gasteiger partial charge in [-0.05, 0) is 31.4 Å². The highest BCUT2D eigenvalue weighted by molar-refractivity contribution is 5.79. The number of hydrogen-bond acceptors (Lipinski definition) is 2. The first kappa shape index (κ1) is 13.9. The summed E-state index contributed by atoms with van der Waals surface area (Å²) in [5.74, 6) is -1.20. The van der Waals surface area contributed by atoms with Crippen molar-refractivity contribution in [3.05, 3.63) is 35.4 Å². The lowest BCUT2D eigenvalue weighted by atomic mass is 9.95. The Morgan fingerprint density at radius 3 is 2.84 bits per heavy atom. The van der Waals surface area contributed by atoms with E-state index in [2.05, 4.69) is 5.32 Å². The predicted molar refractivity (Wildman–Crippen MR) is 68.1 cm³/mol. The summed E-state index contributed by atoms with van der Waals surface area (Å²) in [5.41, 5.74) is 5.92. The van der Waals surface area contributed by atoms with Gasteiger partial charge >= 0.3 is 0 Å². The lowest BCUT2D eigenvalue weighted by Gasteiger charge is -2.17. The van der Waals surface area contributed by atoms with Crippen molar-refractivity contribution in [2.75, 3.05) is 6.54 Å². The standard InChI is InChI=1S/C14H18F2N2O/c15-11-5-4-10(13(16)6-11)8-18-14(19)12-3-1-2-9(12)7-17/h4-6,9,12H,1-3,7-8,17H2,(H,18,19)/t9-,12-/m1/s1. The minimum Gasteiger partial charge on any atom is -0.352 e. The molecule has 1 aliphatic carbocycles. The fourth-order valence-corrected chi connectivity index (χ4v) is 2.64. The van der Waals surface area contributed by atoms with Gasteiger partial charge in [-0.1, -0.05) is 12.5 Å². The Bertz CT molecular complexity index is 465. The maximum Gasteiger partial charge on any atom is 0.223 e. The van der Waals surface area contributed by atoms with Gasteiger partial charge < -0.3 is 11.1 Å². The minimum atomic E-state index is -0.637. The summed E-state index contributed by atoms with van der Waals surface area (Å²) in [6.07, 6.45) is 2.81. The van der Waals surface area contributed by atoms with Crippen LogP contribution in [0.2, 0.25) is 0 Å². The number of halogens is 2. The Morgan fingerprint density at radius 1 is 1.37 bits per heavy atom. The van der Waals surface area contributed by atoms with Crippen LogP contribution in [0.4, 0.5) is 8.78 Å². The van der Waals surface area contributed by atoms with Gasteiger partial charge in [-0.15, -0.1) is 0 Å². The van der Waals surface area contributed by atoms with Crippen LogP contribution in [-0.2, 0) is 11.3 Å². The van der Waals surface area contributed by atoms with E-state index in [1.54, 1.807) is 0 Å². The van der Waals surface area contributed by atoms with E-state index in [1.165, 1.54) is 12.1 Å². The number of benzene rings is 1. The van der Waals surface area contributed by atoms with E-state index in [0.29, 0.717) is 6.54 Å². The molecule has 0 unspecified atom stereocenters. The third kappa shape index (κ3) is 3.29. The molecule has 19 heavy (non-hydrogen) atoms. The summed E-state index contributed by atoms with van der Waals surface area (Å²) >= 11 is 0. The zero-order valence-electron chi connectivity index (χ0n) is 10.7. The zero-order valence-corrected chi connectivity index (χ0v) is 10.7. The molecule has 1 amide bonds. The Morgan fingerprint density at radius 2 is 2.16 bits per heavy atom. The summed E-state index contributed by atoms with van der Waals surface area (Å²) in [4.78, 5) is 12.0. The number of rotatable bonds is 4. The van der Waals surface area contributed by atoms with Crippen LogP contribution in [0.3, 0.4) is 0 Å². The van der Waals surface area contributed by atoms with Gasteiger partial charge in [0.25, 0.3) is 0 Å². The molecule has 104 valence electrons. The second kappa shape index (κ2) is 6.10. The SMILES string of the molecule is NC[C@H]1CCC[C@H]1C(=O)NCc1ccc(F)cc1F. The molecule has 5 heteroatoms. The van der Waals surface area contributed by atoms with Crippen molar-refractivity contribution in [3.8, 4) is 0 Å². The molecule has 0 heterocycles. The van der Waals surface area contributed by atoms with Crippen LogP contribution in [0.5, 0.6) is 0 Å². The molecule has 3 nitrogen and oxygen atoms in total. The Labute approximate surface area is 111 Å². The molecule has 0 bridgehead atoms. The Hall–Kier alpha value is -1.49. The molecule has 1 saturated carbocycles. The molecule has 0 aliphatic heterocycles. The van der Waals surface area contributed by atoms with Gasteiger partial charge in [0, 0.05) is 24.1 Å². The second-order valence-electron chi connectivity index (χ2n) is 4.99. The van der Waals surface area contributed by atoms with Crippen molar-refractivity contribution < 1.29 is 13.6 Å². The Balaban J connectivity index is 1.93. The van der Waals surface area contributed by atoms with Gasteiger partial charge in [-0.25, -0.2) is 8.78 Å². The highest BCUT2D eigenvalue weighted by Gasteiger charge is 2.31. The molecular formula is C14H18F2N2O. The van der Waals surface area contributed by atoms with Gasteiger partial charge in [0.15, 0.2) is 0 Å². The smallest absolute Gasteiger partial charge is 0.223 e.